The lowest BCUT2D eigenvalue weighted by molar-refractivity contribution is 0.230. The second-order valence-electron chi connectivity index (χ2n) is 9.53. The van der Waals surface area contributed by atoms with E-state index in [-0.39, 0.29) is 19.1 Å². The number of H-pyrrole nitrogens is 1. The molecular formula is C30H34N3O5PS. The molecule has 1 aromatic heterocycles. The molecule has 3 aromatic carbocycles. The van der Waals surface area contributed by atoms with Gasteiger partial charge in [0.2, 0.25) is 0 Å². The van der Waals surface area contributed by atoms with Crippen molar-refractivity contribution in [2.24, 2.45) is 4.99 Å². The van der Waals surface area contributed by atoms with Crippen molar-refractivity contribution in [3.63, 3.8) is 0 Å². The van der Waals surface area contributed by atoms with Crippen LogP contribution in [0, 0.1) is 0 Å². The summed E-state index contributed by atoms with van der Waals surface area (Å²) in [5, 5.41) is 12.2. The number of nitrogens with one attached hydrogen (secondary N) is 1. The number of aliphatic imine (C=N–C) groups is 1. The molecule has 1 fully saturated rings. The number of nitrogens with zero attached hydrogens (tertiary/aromatic N) is 2. The van der Waals surface area contributed by atoms with E-state index >= 15 is 0 Å². The molecule has 0 atom stereocenters. The summed E-state index contributed by atoms with van der Waals surface area (Å²) in [5.41, 5.74) is 4.49. The predicted molar refractivity (Wildman–Crippen MR) is 162 cm³/mol. The highest BCUT2D eigenvalue weighted by molar-refractivity contribution is 7.85. The first-order valence-electron chi connectivity index (χ1n) is 13.5. The molecule has 0 unspecified atom stereocenters. The first kappa shape index (κ1) is 28.5. The molecule has 210 valence electrons. The molecule has 40 heavy (non-hydrogen) atoms. The van der Waals surface area contributed by atoms with Gasteiger partial charge in [0.15, 0.2) is 5.88 Å². The molecule has 2 N–H and O–H groups in total. The Morgan fingerprint density at radius 1 is 1.00 bits per heavy atom. The zero-order valence-corrected chi connectivity index (χ0v) is 24.4. The summed E-state index contributed by atoms with van der Waals surface area (Å²) in [7, 11) is -4.23. The number of rotatable bonds is 10. The van der Waals surface area contributed by atoms with Crippen LogP contribution in [0.15, 0.2) is 77.8 Å². The van der Waals surface area contributed by atoms with E-state index in [0.29, 0.717) is 27.5 Å². The van der Waals surface area contributed by atoms with Crippen LogP contribution in [0.25, 0.3) is 10.9 Å². The third-order valence-electron chi connectivity index (χ3n) is 6.81. The van der Waals surface area contributed by atoms with Crippen LogP contribution in [0.5, 0.6) is 5.88 Å². The number of hydrogen-bond acceptors (Lipinski definition) is 7. The van der Waals surface area contributed by atoms with E-state index in [0.717, 1.165) is 48.0 Å². The minimum absolute atomic E-state index is 0.0310. The van der Waals surface area contributed by atoms with Crippen LogP contribution in [-0.2, 0) is 31.0 Å². The fourth-order valence-electron chi connectivity index (χ4n) is 4.86. The number of fused-ring (bicyclic) bond motifs is 1. The van der Waals surface area contributed by atoms with Crippen LogP contribution >= 0.6 is 7.60 Å². The van der Waals surface area contributed by atoms with Crippen LogP contribution in [-0.4, -0.2) is 62.7 Å². The fourth-order valence-corrected chi connectivity index (χ4v) is 7.58. The maximum atomic E-state index is 13.5. The first-order valence-corrected chi connectivity index (χ1v) is 16.5. The molecule has 0 amide bonds. The Morgan fingerprint density at radius 3 is 2.33 bits per heavy atom. The summed E-state index contributed by atoms with van der Waals surface area (Å²) in [6, 6.07) is 22.9. The highest BCUT2D eigenvalue weighted by atomic mass is 32.2. The Morgan fingerprint density at radius 2 is 1.68 bits per heavy atom. The molecule has 2 heterocycles. The normalized spacial score (nSPS) is 15.6. The van der Waals surface area contributed by atoms with Gasteiger partial charge in [-0.25, -0.2) is 4.99 Å². The third-order valence-corrected chi connectivity index (χ3v) is 10.2. The zero-order valence-electron chi connectivity index (χ0n) is 22.7. The van der Waals surface area contributed by atoms with Crippen molar-refractivity contribution in [2.75, 3.05) is 37.8 Å². The second kappa shape index (κ2) is 12.6. The molecular weight excluding hydrogens is 545 g/mol. The lowest BCUT2D eigenvalue weighted by Crippen LogP contribution is -2.37. The molecule has 8 nitrogen and oxygen atoms in total. The van der Waals surface area contributed by atoms with E-state index in [2.05, 4.69) is 22.0 Å². The molecule has 4 aromatic rings. The quantitative estimate of drug-likeness (QED) is 0.190. The molecule has 0 aliphatic carbocycles. The Labute approximate surface area is 237 Å². The van der Waals surface area contributed by atoms with Gasteiger partial charge in [0.05, 0.1) is 35.5 Å². The van der Waals surface area contributed by atoms with Gasteiger partial charge in [0.1, 0.15) is 0 Å². The highest BCUT2D eigenvalue weighted by Gasteiger charge is 2.28. The molecule has 1 aliphatic heterocycles. The van der Waals surface area contributed by atoms with Gasteiger partial charge in [-0.2, -0.15) is 0 Å². The molecule has 1 saturated heterocycles. The summed E-state index contributed by atoms with van der Waals surface area (Å²) in [4.78, 5) is 10.4. The van der Waals surface area contributed by atoms with Gasteiger partial charge in [-0.05, 0) is 49.7 Å². The topological polar surface area (TPSA) is 104 Å². The van der Waals surface area contributed by atoms with Crippen molar-refractivity contribution in [3.05, 3.63) is 89.5 Å². The molecule has 0 saturated carbocycles. The maximum absolute atomic E-state index is 13.5. The molecule has 10 heteroatoms. The van der Waals surface area contributed by atoms with Gasteiger partial charge >= 0.3 is 7.60 Å². The molecule has 0 radical (unpaired) electrons. The monoisotopic (exact) mass is 579 g/mol. The Bertz CT molecular complexity index is 1550. The van der Waals surface area contributed by atoms with Gasteiger partial charge in [-0.15, -0.1) is 0 Å². The number of aromatic nitrogens is 1. The number of hydrogen-bond donors (Lipinski definition) is 2. The van der Waals surface area contributed by atoms with E-state index in [1.54, 1.807) is 32.0 Å². The SMILES string of the molecule is CCOP(=O)(OCC)c1ccc2[nH]c(O)c(C(=Nc3ccc(CN4CCS(=O)CC4)cc3)c3ccccc3)c2c1. The minimum atomic E-state index is -3.54. The fraction of sp³-hybridized carbons (Fsp3) is 0.300. The van der Waals surface area contributed by atoms with Crippen molar-refractivity contribution in [1.29, 1.82) is 0 Å². The van der Waals surface area contributed by atoms with E-state index in [1.807, 2.05) is 42.5 Å². The smallest absolute Gasteiger partial charge is 0.361 e. The van der Waals surface area contributed by atoms with Crippen molar-refractivity contribution in [2.45, 2.75) is 20.4 Å². The highest BCUT2D eigenvalue weighted by Crippen LogP contribution is 2.47. The molecule has 0 bridgehead atoms. The van der Waals surface area contributed by atoms with Gasteiger partial charge < -0.3 is 19.1 Å². The minimum Gasteiger partial charge on any atom is -0.494 e. The van der Waals surface area contributed by atoms with Crippen molar-refractivity contribution < 1.29 is 22.9 Å². The van der Waals surface area contributed by atoms with Gasteiger partial charge in [0.25, 0.3) is 0 Å². The summed E-state index contributed by atoms with van der Waals surface area (Å²) in [6.07, 6.45) is 0. The summed E-state index contributed by atoms with van der Waals surface area (Å²) >= 11 is 0. The Hall–Kier alpha value is -3.07. The largest absolute Gasteiger partial charge is 0.494 e. The number of aromatic amines is 1. The van der Waals surface area contributed by atoms with Crippen LogP contribution in [0.2, 0.25) is 0 Å². The predicted octanol–water partition coefficient (Wildman–Crippen LogP) is 5.50. The lowest BCUT2D eigenvalue weighted by atomic mass is 10.0. The van der Waals surface area contributed by atoms with Crippen molar-refractivity contribution in [1.82, 2.24) is 9.88 Å². The first-order chi connectivity index (χ1) is 19.4. The van der Waals surface area contributed by atoms with Crippen LogP contribution in [0.3, 0.4) is 0 Å². The number of aromatic hydroxyl groups is 1. The van der Waals surface area contributed by atoms with Crippen molar-refractivity contribution >= 4 is 46.0 Å². The maximum Gasteiger partial charge on any atom is 0.361 e. The van der Waals surface area contributed by atoms with E-state index in [1.165, 1.54) is 0 Å². The average molecular weight is 580 g/mol. The van der Waals surface area contributed by atoms with Crippen molar-refractivity contribution in [3.8, 4) is 5.88 Å². The third kappa shape index (κ3) is 6.29. The van der Waals surface area contributed by atoms with E-state index in [4.69, 9.17) is 14.0 Å². The van der Waals surface area contributed by atoms with E-state index < -0.39 is 18.4 Å². The molecule has 0 spiro atoms. The number of benzene rings is 3. The zero-order chi connectivity index (χ0) is 28.1. The Kier molecular flexibility index (Phi) is 8.98. The lowest BCUT2D eigenvalue weighted by Gasteiger charge is -2.26. The van der Waals surface area contributed by atoms with Gasteiger partial charge in [0, 0.05) is 58.4 Å². The summed E-state index contributed by atoms with van der Waals surface area (Å²) in [6.45, 7) is 6.52. The molecule has 5 rings (SSSR count). The standard InChI is InChI=1S/C30H34N3O5PS/c1-3-37-39(35,38-4-2)25-14-15-27-26(20-25)28(30(34)32-27)29(23-8-6-5-7-9-23)31-24-12-10-22(11-13-24)21-33-16-18-40(36)19-17-33/h5-15,20,32,34H,3-4,16-19,21H2,1-2H3. The van der Waals surface area contributed by atoms with Gasteiger partial charge in [-0.3, -0.25) is 13.7 Å². The van der Waals surface area contributed by atoms with E-state index in [9.17, 15) is 13.9 Å². The molecule has 1 aliphatic rings. The van der Waals surface area contributed by atoms with Crippen LogP contribution < -0.4 is 5.30 Å². The van der Waals surface area contributed by atoms with Crippen LogP contribution in [0.1, 0.15) is 30.5 Å². The average Bonchev–Trinajstić information content (AvgIpc) is 3.29. The summed E-state index contributed by atoms with van der Waals surface area (Å²) < 4.78 is 36.4. The Balaban J connectivity index is 1.55. The summed E-state index contributed by atoms with van der Waals surface area (Å²) in [5.74, 6) is 1.42. The second-order valence-corrected chi connectivity index (χ2v) is 13.3. The van der Waals surface area contributed by atoms with Crippen LogP contribution in [0.4, 0.5) is 5.69 Å². The van der Waals surface area contributed by atoms with Gasteiger partial charge in [-0.1, -0.05) is 42.5 Å².